The summed E-state index contributed by atoms with van der Waals surface area (Å²) in [6, 6.07) is 0. The van der Waals surface area contributed by atoms with Crippen molar-refractivity contribution < 1.29 is 23.8 Å². The predicted octanol–water partition coefficient (Wildman–Crippen LogP) is 2.03. The Hall–Kier alpha value is -2.55. The largest absolute Gasteiger partial charge is 0.473 e. The van der Waals surface area contributed by atoms with Crippen molar-refractivity contribution in [3.05, 3.63) is 28.9 Å². The monoisotopic (exact) mass is 444 g/mol. The summed E-state index contributed by atoms with van der Waals surface area (Å²) in [4.78, 5) is 27.9. The van der Waals surface area contributed by atoms with E-state index in [1.54, 1.807) is 4.79 Å². The zero-order valence-electron chi connectivity index (χ0n) is 18.9. The lowest BCUT2D eigenvalue weighted by molar-refractivity contribution is -0.139. The number of carbonyl (C=O) groups excluding carboxylic acids is 2. The van der Waals surface area contributed by atoms with Crippen LogP contribution in [-0.2, 0) is 31.8 Å². The molecule has 1 aromatic heterocycles. The molecule has 1 aromatic rings. The van der Waals surface area contributed by atoms with Crippen LogP contribution in [0.2, 0.25) is 0 Å². The van der Waals surface area contributed by atoms with Crippen LogP contribution in [-0.4, -0.2) is 54.4 Å². The molecule has 3 aliphatic heterocycles. The SMILES string of the molecule is CCCOC(=O)C1=COC(C2CC2)N1n1nc(CC)c2c1CC1(CCOCC1)CNC2=O. The third-order valence-corrected chi connectivity index (χ3v) is 7.00. The highest BCUT2D eigenvalue weighted by atomic mass is 16.5. The Morgan fingerprint density at radius 2 is 2.09 bits per heavy atom. The van der Waals surface area contributed by atoms with E-state index in [0.717, 1.165) is 43.5 Å². The first kappa shape index (κ1) is 21.3. The van der Waals surface area contributed by atoms with Gasteiger partial charge in [-0.2, -0.15) is 9.89 Å². The number of aromatic nitrogens is 2. The van der Waals surface area contributed by atoms with E-state index < -0.39 is 5.97 Å². The van der Waals surface area contributed by atoms with Gasteiger partial charge in [0.05, 0.1) is 23.6 Å². The van der Waals surface area contributed by atoms with Crippen LogP contribution in [0.1, 0.15) is 67.7 Å². The van der Waals surface area contributed by atoms with Gasteiger partial charge in [0.15, 0.2) is 11.9 Å². The van der Waals surface area contributed by atoms with Gasteiger partial charge in [-0.1, -0.05) is 13.8 Å². The van der Waals surface area contributed by atoms with E-state index in [1.807, 2.05) is 18.9 Å². The van der Waals surface area contributed by atoms with Gasteiger partial charge in [-0.3, -0.25) is 4.79 Å². The number of fused-ring (bicyclic) bond motifs is 1. The first-order valence-corrected chi connectivity index (χ1v) is 11.9. The lowest BCUT2D eigenvalue weighted by Crippen LogP contribution is -2.46. The summed E-state index contributed by atoms with van der Waals surface area (Å²) in [5.41, 5.74) is 2.49. The Balaban J connectivity index is 1.58. The van der Waals surface area contributed by atoms with E-state index in [2.05, 4.69) is 5.32 Å². The van der Waals surface area contributed by atoms with Gasteiger partial charge < -0.3 is 19.5 Å². The zero-order chi connectivity index (χ0) is 22.3. The predicted molar refractivity (Wildman–Crippen MR) is 115 cm³/mol. The van der Waals surface area contributed by atoms with Crippen molar-refractivity contribution >= 4 is 11.9 Å². The number of rotatable bonds is 6. The van der Waals surface area contributed by atoms with Crippen LogP contribution in [0.5, 0.6) is 0 Å². The number of nitrogens with zero attached hydrogens (tertiary/aromatic N) is 3. The average molecular weight is 445 g/mol. The molecular weight excluding hydrogens is 412 g/mol. The van der Waals surface area contributed by atoms with Crippen LogP contribution in [0.3, 0.4) is 0 Å². The smallest absolute Gasteiger partial charge is 0.359 e. The van der Waals surface area contributed by atoms with Crippen LogP contribution in [0, 0.1) is 11.3 Å². The quantitative estimate of drug-likeness (QED) is 0.671. The molecule has 4 aliphatic rings. The van der Waals surface area contributed by atoms with Gasteiger partial charge in [0, 0.05) is 25.7 Å². The molecule has 174 valence electrons. The number of ether oxygens (including phenoxy) is 3. The second-order valence-corrected chi connectivity index (χ2v) is 9.33. The van der Waals surface area contributed by atoms with Gasteiger partial charge >= 0.3 is 5.97 Å². The third kappa shape index (κ3) is 3.66. The van der Waals surface area contributed by atoms with Crippen LogP contribution < -0.4 is 10.3 Å². The Morgan fingerprint density at radius 3 is 2.78 bits per heavy atom. The second kappa shape index (κ2) is 8.42. The Kier molecular flexibility index (Phi) is 5.61. The first-order valence-electron chi connectivity index (χ1n) is 11.9. The molecule has 1 N–H and O–H groups in total. The molecule has 1 saturated carbocycles. The van der Waals surface area contributed by atoms with Crippen molar-refractivity contribution in [2.75, 3.05) is 31.4 Å². The normalized spacial score (nSPS) is 24.4. The molecule has 0 bridgehead atoms. The summed E-state index contributed by atoms with van der Waals surface area (Å²) < 4.78 is 17.0. The average Bonchev–Trinajstić information content (AvgIpc) is 3.49. The second-order valence-electron chi connectivity index (χ2n) is 9.33. The maximum absolute atomic E-state index is 13.2. The minimum atomic E-state index is -0.420. The van der Waals surface area contributed by atoms with Gasteiger partial charge in [-0.15, -0.1) is 0 Å². The summed E-state index contributed by atoms with van der Waals surface area (Å²) >= 11 is 0. The molecule has 1 saturated heterocycles. The number of amides is 1. The number of aryl methyl sites for hydroxylation is 1. The summed E-state index contributed by atoms with van der Waals surface area (Å²) in [5, 5.41) is 9.83. The molecule has 1 unspecified atom stereocenters. The Morgan fingerprint density at radius 1 is 1.31 bits per heavy atom. The van der Waals surface area contributed by atoms with E-state index in [4.69, 9.17) is 19.3 Å². The molecule has 1 aliphatic carbocycles. The number of nitrogens with one attached hydrogen (secondary N) is 1. The van der Waals surface area contributed by atoms with Crippen molar-refractivity contribution in [3.63, 3.8) is 0 Å². The zero-order valence-corrected chi connectivity index (χ0v) is 18.9. The molecular formula is C23H32N4O5. The fourth-order valence-electron chi connectivity index (χ4n) is 4.97. The van der Waals surface area contributed by atoms with Crippen LogP contribution in [0.25, 0.3) is 0 Å². The molecule has 1 amide bonds. The summed E-state index contributed by atoms with van der Waals surface area (Å²) in [6.07, 6.45) is 7.09. The topological polar surface area (TPSA) is 94.9 Å². The molecule has 5 rings (SSSR count). The highest BCUT2D eigenvalue weighted by Gasteiger charge is 2.47. The van der Waals surface area contributed by atoms with E-state index >= 15 is 0 Å². The fraction of sp³-hybridized carbons (Fsp3) is 0.696. The number of carbonyl (C=O) groups is 2. The molecule has 9 heteroatoms. The maximum Gasteiger partial charge on any atom is 0.359 e. The van der Waals surface area contributed by atoms with Crippen molar-refractivity contribution in [1.82, 2.24) is 15.2 Å². The lowest BCUT2D eigenvalue weighted by atomic mass is 9.76. The van der Waals surface area contributed by atoms with E-state index in [1.165, 1.54) is 6.26 Å². The highest BCUT2D eigenvalue weighted by molar-refractivity contribution is 5.97. The molecule has 2 fully saturated rings. The maximum atomic E-state index is 13.2. The van der Waals surface area contributed by atoms with Crippen molar-refractivity contribution in [2.45, 2.75) is 65.0 Å². The van der Waals surface area contributed by atoms with Gasteiger partial charge in [-0.25, -0.2) is 9.80 Å². The Bertz CT molecular complexity index is 929. The minimum absolute atomic E-state index is 0.0792. The summed E-state index contributed by atoms with van der Waals surface area (Å²) in [7, 11) is 0. The van der Waals surface area contributed by atoms with Crippen LogP contribution in [0.4, 0.5) is 0 Å². The molecule has 1 spiro atoms. The number of esters is 1. The summed E-state index contributed by atoms with van der Waals surface area (Å²) in [6.45, 7) is 6.31. The number of hydrogen-bond donors (Lipinski definition) is 1. The van der Waals surface area contributed by atoms with Gasteiger partial charge in [0.25, 0.3) is 5.91 Å². The van der Waals surface area contributed by atoms with E-state index in [9.17, 15) is 9.59 Å². The molecule has 1 atom stereocenters. The Labute approximate surface area is 188 Å². The third-order valence-electron chi connectivity index (χ3n) is 7.00. The molecule has 32 heavy (non-hydrogen) atoms. The van der Waals surface area contributed by atoms with E-state index in [0.29, 0.717) is 56.4 Å². The van der Waals surface area contributed by atoms with Crippen LogP contribution >= 0.6 is 0 Å². The fourth-order valence-corrected chi connectivity index (χ4v) is 4.97. The molecule has 0 aromatic carbocycles. The van der Waals surface area contributed by atoms with Crippen molar-refractivity contribution in [2.24, 2.45) is 11.3 Å². The molecule has 4 heterocycles. The summed E-state index contributed by atoms with van der Waals surface area (Å²) in [5.74, 6) is -0.186. The van der Waals surface area contributed by atoms with Gasteiger partial charge in [-0.05, 0) is 50.4 Å². The van der Waals surface area contributed by atoms with Crippen molar-refractivity contribution in [3.8, 4) is 0 Å². The van der Waals surface area contributed by atoms with E-state index in [-0.39, 0.29) is 17.6 Å². The standard InChI is InChI=1S/C23H32N4O5/c1-3-9-31-22(29)18-13-32-21(15-5-6-15)26(18)27-17-12-23(7-10-30-11-8-23)14-24-20(28)19(17)16(4-2)25-27/h13,15,21H,3-12,14H2,1-2H3,(H,24,28). The van der Waals surface area contributed by atoms with Gasteiger partial charge in [0.1, 0.15) is 6.26 Å². The van der Waals surface area contributed by atoms with Crippen LogP contribution in [0.15, 0.2) is 12.0 Å². The number of hydrogen-bond acceptors (Lipinski definition) is 7. The lowest BCUT2D eigenvalue weighted by Gasteiger charge is -2.37. The first-order chi connectivity index (χ1) is 15.6. The molecule has 9 nitrogen and oxygen atoms in total. The van der Waals surface area contributed by atoms with Crippen molar-refractivity contribution in [1.29, 1.82) is 0 Å². The minimum Gasteiger partial charge on any atom is -0.473 e. The molecule has 0 radical (unpaired) electrons. The highest BCUT2D eigenvalue weighted by Crippen LogP contribution is 2.42. The van der Waals surface area contributed by atoms with Gasteiger partial charge in [0.2, 0.25) is 0 Å².